The average Bonchev–Trinajstić information content (AvgIpc) is 3.18. The summed E-state index contributed by atoms with van der Waals surface area (Å²) in [6.45, 7) is 0.506. The number of fused-ring (bicyclic) bond motifs is 1. The third-order valence-corrected chi connectivity index (χ3v) is 5.07. The number of carbonyl (C=O) groups is 1. The number of nitrogens with zero attached hydrogens (tertiary/aromatic N) is 1. The molecule has 150 valence electrons. The summed E-state index contributed by atoms with van der Waals surface area (Å²) >= 11 is 0. The highest BCUT2D eigenvalue weighted by molar-refractivity contribution is 6.17. The quantitative estimate of drug-likeness (QED) is 0.313. The molecule has 0 radical (unpaired) electrons. The molecule has 4 aromatic carbocycles. The van der Waals surface area contributed by atoms with Gasteiger partial charge in [-0.2, -0.15) is 0 Å². The van der Waals surface area contributed by atoms with Crippen LogP contribution in [-0.2, 0) is 16.1 Å². The van der Waals surface area contributed by atoms with E-state index in [2.05, 4.69) is 4.99 Å². The van der Waals surface area contributed by atoms with E-state index in [-0.39, 0.29) is 5.70 Å². The van der Waals surface area contributed by atoms with E-state index in [1.807, 2.05) is 97.1 Å². The van der Waals surface area contributed by atoms with Gasteiger partial charge in [-0.1, -0.05) is 78.9 Å². The van der Waals surface area contributed by atoms with Crippen molar-refractivity contribution < 1.29 is 14.3 Å². The second-order valence-corrected chi connectivity index (χ2v) is 7.21. The minimum absolute atomic E-state index is 0.279. The van der Waals surface area contributed by atoms with Crippen LogP contribution in [0.15, 0.2) is 108 Å². The van der Waals surface area contributed by atoms with Crippen LogP contribution in [0.1, 0.15) is 16.7 Å². The fraction of sp³-hybridized carbons (Fsp3) is 0.0370. The minimum Gasteiger partial charge on any atom is -0.489 e. The molecule has 0 atom stereocenters. The lowest BCUT2D eigenvalue weighted by molar-refractivity contribution is -0.129. The highest BCUT2D eigenvalue weighted by Gasteiger charge is 2.25. The van der Waals surface area contributed by atoms with Gasteiger partial charge in [0.15, 0.2) is 5.70 Å². The maximum atomic E-state index is 12.4. The van der Waals surface area contributed by atoms with Crippen molar-refractivity contribution in [3.05, 3.63) is 119 Å². The monoisotopic (exact) mass is 405 g/mol. The third-order valence-electron chi connectivity index (χ3n) is 5.07. The fourth-order valence-electron chi connectivity index (χ4n) is 3.50. The van der Waals surface area contributed by atoms with Crippen LogP contribution in [-0.4, -0.2) is 11.9 Å². The van der Waals surface area contributed by atoms with Gasteiger partial charge in [-0.05, 0) is 46.2 Å². The second-order valence-electron chi connectivity index (χ2n) is 7.21. The van der Waals surface area contributed by atoms with Crippen molar-refractivity contribution in [1.29, 1.82) is 0 Å². The van der Waals surface area contributed by atoms with Gasteiger partial charge in [0.25, 0.3) is 0 Å². The Morgan fingerprint density at radius 2 is 1.55 bits per heavy atom. The Labute approximate surface area is 180 Å². The molecule has 4 nitrogen and oxygen atoms in total. The number of rotatable bonds is 5. The van der Waals surface area contributed by atoms with E-state index in [0.29, 0.717) is 12.5 Å². The van der Waals surface area contributed by atoms with Crippen LogP contribution in [0.4, 0.5) is 0 Å². The van der Waals surface area contributed by atoms with Gasteiger partial charge in [-0.15, -0.1) is 0 Å². The summed E-state index contributed by atoms with van der Waals surface area (Å²) in [5.41, 5.74) is 3.04. The Hall–Kier alpha value is -4.18. The van der Waals surface area contributed by atoms with E-state index in [0.717, 1.165) is 33.2 Å². The summed E-state index contributed by atoms with van der Waals surface area (Å²) < 4.78 is 11.3. The maximum absolute atomic E-state index is 12.4. The number of benzene rings is 4. The molecule has 0 saturated carbocycles. The maximum Gasteiger partial charge on any atom is 0.363 e. The largest absolute Gasteiger partial charge is 0.489 e. The van der Waals surface area contributed by atoms with E-state index >= 15 is 0 Å². The molecule has 0 aromatic heterocycles. The Bertz CT molecular complexity index is 1300. The zero-order valence-corrected chi connectivity index (χ0v) is 16.7. The topological polar surface area (TPSA) is 47.9 Å². The molecule has 0 fully saturated rings. The van der Waals surface area contributed by atoms with Gasteiger partial charge in [0.2, 0.25) is 5.90 Å². The number of aliphatic imine (C=N–C) groups is 1. The predicted octanol–water partition coefficient (Wildman–Crippen LogP) is 5.76. The molecule has 31 heavy (non-hydrogen) atoms. The summed E-state index contributed by atoms with van der Waals surface area (Å²) in [5, 5.41) is 2.07. The Morgan fingerprint density at radius 3 is 2.39 bits per heavy atom. The Morgan fingerprint density at radius 1 is 0.806 bits per heavy atom. The second kappa shape index (κ2) is 8.28. The predicted molar refractivity (Wildman–Crippen MR) is 122 cm³/mol. The van der Waals surface area contributed by atoms with Gasteiger partial charge < -0.3 is 9.47 Å². The van der Waals surface area contributed by atoms with Crippen molar-refractivity contribution in [2.75, 3.05) is 0 Å². The molecule has 0 spiro atoms. The van der Waals surface area contributed by atoms with Crippen molar-refractivity contribution in [2.24, 2.45) is 4.99 Å². The van der Waals surface area contributed by atoms with Crippen molar-refractivity contribution in [3.63, 3.8) is 0 Å². The number of hydrogen-bond acceptors (Lipinski definition) is 4. The van der Waals surface area contributed by atoms with Crippen LogP contribution in [0.2, 0.25) is 0 Å². The highest BCUT2D eigenvalue weighted by Crippen LogP contribution is 2.25. The van der Waals surface area contributed by atoms with Crippen molar-refractivity contribution in [1.82, 2.24) is 0 Å². The van der Waals surface area contributed by atoms with Crippen LogP contribution >= 0.6 is 0 Å². The van der Waals surface area contributed by atoms with E-state index < -0.39 is 5.97 Å². The van der Waals surface area contributed by atoms with Gasteiger partial charge in [0, 0.05) is 5.56 Å². The number of cyclic esters (lactones) is 1. The number of ether oxygens (including phenoxy) is 2. The molecule has 0 bridgehead atoms. The van der Waals surface area contributed by atoms with Gasteiger partial charge in [0.05, 0.1) is 0 Å². The normalized spacial score (nSPS) is 14.5. The molecule has 1 aliphatic rings. The van der Waals surface area contributed by atoms with E-state index in [1.165, 1.54) is 0 Å². The molecule has 0 unspecified atom stereocenters. The molecular weight excluding hydrogens is 386 g/mol. The van der Waals surface area contributed by atoms with E-state index in [9.17, 15) is 4.79 Å². The smallest absolute Gasteiger partial charge is 0.363 e. The van der Waals surface area contributed by atoms with Crippen LogP contribution < -0.4 is 4.74 Å². The van der Waals surface area contributed by atoms with Crippen LogP contribution in [0.25, 0.3) is 16.8 Å². The molecule has 5 rings (SSSR count). The van der Waals surface area contributed by atoms with Gasteiger partial charge >= 0.3 is 5.97 Å². The van der Waals surface area contributed by atoms with Crippen molar-refractivity contribution >= 4 is 28.7 Å². The SMILES string of the molecule is O=C1OC(c2cccc3ccccc23)=NC1=Cc1ccc(OCc2ccccc2)cc1. The first kappa shape index (κ1) is 18.8. The number of hydrogen-bond donors (Lipinski definition) is 0. The number of esters is 1. The lowest BCUT2D eigenvalue weighted by Crippen LogP contribution is -2.05. The number of carbonyl (C=O) groups excluding carboxylic acids is 1. The van der Waals surface area contributed by atoms with E-state index in [4.69, 9.17) is 9.47 Å². The summed E-state index contributed by atoms with van der Waals surface area (Å²) in [6, 6.07) is 31.4. The molecule has 0 saturated heterocycles. The standard InChI is InChI=1S/C27H19NO3/c29-27-25(28-26(31-27)24-12-6-10-21-9-4-5-11-23(21)24)17-19-13-15-22(16-14-19)30-18-20-7-2-1-3-8-20/h1-17H,18H2. The van der Waals surface area contributed by atoms with Crippen LogP contribution in [0.5, 0.6) is 5.75 Å². The van der Waals surface area contributed by atoms with Gasteiger partial charge in [-0.3, -0.25) is 0 Å². The van der Waals surface area contributed by atoms with Crippen molar-refractivity contribution in [2.45, 2.75) is 6.61 Å². The molecule has 0 aliphatic carbocycles. The van der Waals surface area contributed by atoms with Crippen LogP contribution in [0.3, 0.4) is 0 Å². The molecular formula is C27H19NO3. The molecule has 1 aliphatic heterocycles. The highest BCUT2D eigenvalue weighted by atomic mass is 16.6. The third kappa shape index (κ3) is 4.09. The lowest BCUT2D eigenvalue weighted by atomic mass is 10.0. The minimum atomic E-state index is -0.452. The van der Waals surface area contributed by atoms with Gasteiger partial charge in [0.1, 0.15) is 12.4 Å². The summed E-state index contributed by atoms with van der Waals surface area (Å²) in [7, 11) is 0. The molecule has 0 N–H and O–H groups in total. The fourth-order valence-corrected chi connectivity index (χ4v) is 3.50. The zero-order valence-electron chi connectivity index (χ0n) is 16.7. The molecule has 4 heteroatoms. The summed E-state index contributed by atoms with van der Waals surface area (Å²) in [4.78, 5) is 16.9. The lowest BCUT2D eigenvalue weighted by Gasteiger charge is -2.06. The first-order valence-electron chi connectivity index (χ1n) is 10.0. The van der Waals surface area contributed by atoms with E-state index in [1.54, 1.807) is 6.08 Å². The molecule has 0 amide bonds. The zero-order chi connectivity index (χ0) is 21.0. The molecule has 4 aromatic rings. The Kier molecular flexibility index (Phi) is 5.03. The average molecular weight is 405 g/mol. The van der Waals surface area contributed by atoms with Crippen molar-refractivity contribution in [3.8, 4) is 5.75 Å². The Balaban J connectivity index is 1.35. The molecule has 1 heterocycles. The van der Waals surface area contributed by atoms with Gasteiger partial charge in [-0.25, -0.2) is 9.79 Å². The summed E-state index contributed by atoms with van der Waals surface area (Å²) in [6.07, 6.45) is 1.72. The summed E-state index contributed by atoms with van der Waals surface area (Å²) in [5.74, 6) is 0.642. The first-order chi connectivity index (χ1) is 15.3. The van der Waals surface area contributed by atoms with Crippen LogP contribution in [0, 0.1) is 0 Å². The first-order valence-corrected chi connectivity index (χ1v) is 10.0.